The molecule has 1 aromatic heterocycles. The molecule has 0 saturated carbocycles. The van der Waals surface area contributed by atoms with Crippen LogP contribution in [-0.2, 0) is 12.8 Å². The molecule has 2 N–H and O–H groups in total. The quantitative estimate of drug-likeness (QED) is 0.899. The zero-order chi connectivity index (χ0) is 12.3. The zero-order valence-corrected chi connectivity index (χ0v) is 11.1. The summed E-state index contributed by atoms with van der Waals surface area (Å²) in [6.45, 7) is 4.14. The number of aromatic nitrogens is 1. The standard InChI is InChI=1S/C14H18N2S/c1-3-11-4-6-12(7-5-11)8-14-16-13(9-17-14)10(2)15/h4-7,9-10H,3,8,15H2,1-2H3. The van der Waals surface area contributed by atoms with Gasteiger partial charge in [0.05, 0.1) is 10.7 Å². The van der Waals surface area contributed by atoms with E-state index in [0.29, 0.717) is 0 Å². The van der Waals surface area contributed by atoms with Gasteiger partial charge < -0.3 is 5.73 Å². The summed E-state index contributed by atoms with van der Waals surface area (Å²) in [5.74, 6) is 0. The average molecular weight is 246 g/mol. The molecule has 90 valence electrons. The van der Waals surface area contributed by atoms with Gasteiger partial charge in [-0.25, -0.2) is 4.98 Å². The van der Waals surface area contributed by atoms with Crippen molar-refractivity contribution in [3.8, 4) is 0 Å². The summed E-state index contributed by atoms with van der Waals surface area (Å²) in [4.78, 5) is 4.54. The van der Waals surface area contributed by atoms with Crippen molar-refractivity contribution < 1.29 is 0 Å². The maximum Gasteiger partial charge on any atom is 0.0972 e. The van der Waals surface area contributed by atoms with Crippen molar-refractivity contribution in [1.82, 2.24) is 4.98 Å². The second-order valence-corrected chi connectivity index (χ2v) is 5.24. The fourth-order valence-corrected chi connectivity index (χ4v) is 2.62. The van der Waals surface area contributed by atoms with Crippen LogP contribution in [0.1, 0.15) is 41.7 Å². The minimum atomic E-state index is 0.0301. The van der Waals surface area contributed by atoms with E-state index in [0.717, 1.165) is 23.5 Å². The zero-order valence-electron chi connectivity index (χ0n) is 10.3. The average Bonchev–Trinajstić information content (AvgIpc) is 2.79. The van der Waals surface area contributed by atoms with Crippen LogP contribution in [0.15, 0.2) is 29.6 Å². The molecule has 2 aromatic rings. The molecule has 1 heterocycles. The molecule has 0 fully saturated rings. The van der Waals surface area contributed by atoms with Gasteiger partial charge in [-0.2, -0.15) is 0 Å². The fourth-order valence-electron chi connectivity index (χ4n) is 1.68. The van der Waals surface area contributed by atoms with Crippen LogP contribution < -0.4 is 5.73 Å². The van der Waals surface area contributed by atoms with Gasteiger partial charge in [0.1, 0.15) is 0 Å². The smallest absolute Gasteiger partial charge is 0.0972 e. The minimum Gasteiger partial charge on any atom is -0.323 e. The van der Waals surface area contributed by atoms with Gasteiger partial charge in [0.2, 0.25) is 0 Å². The highest BCUT2D eigenvalue weighted by atomic mass is 32.1. The monoisotopic (exact) mass is 246 g/mol. The van der Waals surface area contributed by atoms with Crippen LogP contribution in [0.5, 0.6) is 0 Å². The van der Waals surface area contributed by atoms with Gasteiger partial charge in [-0.15, -0.1) is 11.3 Å². The molecule has 17 heavy (non-hydrogen) atoms. The molecule has 0 aliphatic rings. The highest BCUT2D eigenvalue weighted by Crippen LogP contribution is 2.18. The largest absolute Gasteiger partial charge is 0.323 e. The van der Waals surface area contributed by atoms with Crippen LogP contribution in [-0.4, -0.2) is 4.98 Å². The highest BCUT2D eigenvalue weighted by Gasteiger charge is 2.06. The molecule has 0 spiro atoms. The van der Waals surface area contributed by atoms with Gasteiger partial charge in [0, 0.05) is 17.8 Å². The van der Waals surface area contributed by atoms with Crippen molar-refractivity contribution in [2.24, 2.45) is 5.73 Å². The first-order valence-electron chi connectivity index (χ1n) is 5.96. The van der Waals surface area contributed by atoms with E-state index < -0.39 is 0 Å². The second kappa shape index (κ2) is 5.43. The molecule has 1 unspecified atom stereocenters. The van der Waals surface area contributed by atoms with Crippen LogP contribution >= 0.6 is 11.3 Å². The molecule has 1 aromatic carbocycles. The lowest BCUT2D eigenvalue weighted by molar-refractivity contribution is 0.784. The van der Waals surface area contributed by atoms with Gasteiger partial charge in [-0.1, -0.05) is 31.2 Å². The lowest BCUT2D eigenvalue weighted by Crippen LogP contribution is -2.05. The van der Waals surface area contributed by atoms with Crippen molar-refractivity contribution in [3.05, 3.63) is 51.5 Å². The van der Waals surface area contributed by atoms with E-state index in [2.05, 4.69) is 41.6 Å². The maximum absolute atomic E-state index is 5.80. The first-order chi connectivity index (χ1) is 8.19. The molecule has 0 aliphatic carbocycles. The Labute approximate surface area is 107 Å². The number of benzene rings is 1. The SMILES string of the molecule is CCc1ccc(Cc2nc(C(C)N)cs2)cc1. The van der Waals surface area contributed by atoms with Crippen molar-refractivity contribution in [1.29, 1.82) is 0 Å². The van der Waals surface area contributed by atoms with Crippen LogP contribution in [0.3, 0.4) is 0 Å². The third-order valence-electron chi connectivity index (χ3n) is 2.82. The number of nitrogens with zero attached hydrogens (tertiary/aromatic N) is 1. The summed E-state index contributed by atoms with van der Waals surface area (Å²) in [5.41, 5.74) is 9.49. The molecule has 0 amide bonds. The van der Waals surface area contributed by atoms with E-state index in [1.807, 2.05) is 6.92 Å². The lowest BCUT2D eigenvalue weighted by atomic mass is 10.1. The van der Waals surface area contributed by atoms with Crippen molar-refractivity contribution >= 4 is 11.3 Å². The number of hydrogen-bond acceptors (Lipinski definition) is 3. The van der Waals surface area contributed by atoms with Gasteiger partial charge in [-0.05, 0) is 24.5 Å². The van der Waals surface area contributed by atoms with Crippen LogP contribution in [0.2, 0.25) is 0 Å². The Morgan fingerprint density at radius 2 is 1.88 bits per heavy atom. The normalized spacial score (nSPS) is 12.6. The van der Waals surface area contributed by atoms with E-state index >= 15 is 0 Å². The van der Waals surface area contributed by atoms with Gasteiger partial charge in [0.25, 0.3) is 0 Å². The topological polar surface area (TPSA) is 38.9 Å². The summed E-state index contributed by atoms with van der Waals surface area (Å²) in [6.07, 6.45) is 1.99. The van der Waals surface area contributed by atoms with Crippen LogP contribution in [0.4, 0.5) is 0 Å². The molecule has 0 saturated heterocycles. The fraction of sp³-hybridized carbons (Fsp3) is 0.357. The number of rotatable bonds is 4. The lowest BCUT2D eigenvalue weighted by Gasteiger charge is -2.01. The van der Waals surface area contributed by atoms with E-state index in [-0.39, 0.29) is 6.04 Å². The van der Waals surface area contributed by atoms with Crippen LogP contribution in [0, 0.1) is 0 Å². The Bertz CT molecular complexity index is 471. The summed E-state index contributed by atoms with van der Waals surface area (Å²) < 4.78 is 0. The van der Waals surface area contributed by atoms with Gasteiger partial charge in [0.15, 0.2) is 0 Å². The Balaban J connectivity index is 2.08. The van der Waals surface area contributed by atoms with Gasteiger partial charge in [-0.3, -0.25) is 0 Å². The predicted molar refractivity (Wildman–Crippen MR) is 73.3 cm³/mol. The molecule has 2 rings (SSSR count). The minimum absolute atomic E-state index is 0.0301. The molecule has 0 bridgehead atoms. The van der Waals surface area contributed by atoms with Gasteiger partial charge >= 0.3 is 0 Å². The number of aryl methyl sites for hydroxylation is 1. The third-order valence-corrected chi connectivity index (χ3v) is 3.69. The predicted octanol–water partition coefficient (Wildman–Crippen LogP) is 3.32. The Morgan fingerprint density at radius 3 is 2.41 bits per heavy atom. The summed E-state index contributed by atoms with van der Waals surface area (Å²) in [5, 5.41) is 3.20. The first kappa shape index (κ1) is 12.3. The molecule has 0 radical (unpaired) electrons. The first-order valence-corrected chi connectivity index (χ1v) is 6.84. The number of nitrogens with two attached hydrogens (primary N) is 1. The molecule has 0 aliphatic heterocycles. The summed E-state index contributed by atoms with van der Waals surface area (Å²) >= 11 is 1.69. The van der Waals surface area contributed by atoms with Crippen molar-refractivity contribution in [2.75, 3.05) is 0 Å². The van der Waals surface area contributed by atoms with E-state index in [4.69, 9.17) is 5.73 Å². The van der Waals surface area contributed by atoms with E-state index in [1.165, 1.54) is 11.1 Å². The Hall–Kier alpha value is -1.19. The number of thiazole rings is 1. The second-order valence-electron chi connectivity index (χ2n) is 4.30. The van der Waals surface area contributed by atoms with E-state index in [9.17, 15) is 0 Å². The molecule has 3 heteroatoms. The third kappa shape index (κ3) is 3.14. The van der Waals surface area contributed by atoms with Crippen LogP contribution in [0.25, 0.3) is 0 Å². The Kier molecular flexibility index (Phi) is 3.92. The highest BCUT2D eigenvalue weighted by molar-refractivity contribution is 7.09. The molecular weight excluding hydrogens is 228 g/mol. The van der Waals surface area contributed by atoms with Crippen molar-refractivity contribution in [2.45, 2.75) is 32.7 Å². The number of hydrogen-bond donors (Lipinski definition) is 1. The van der Waals surface area contributed by atoms with E-state index in [1.54, 1.807) is 11.3 Å². The maximum atomic E-state index is 5.80. The molecule has 2 nitrogen and oxygen atoms in total. The molecule has 1 atom stereocenters. The summed E-state index contributed by atoms with van der Waals surface area (Å²) in [6, 6.07) is 8.78. The molecular formula is C14H18N2S. The Morgan fingerprint density at radius 1 is 1.24 bits per heavy atom. The van der Waals surface area contributed by atoms with Crippen molar-refractivity contribution in [3.63, 3.8) is 0 Å². The summed E-state index contributed by atoms with van der Waals surface area (Å²) in [7, 11) is 0.